The summed E-state index contributed by atoms with van der Waals surface area (Å²) in [7, 11) is 0. The minimum atomic E-state index is -0.198. The van der Waals surface area contributed by atoms with E-state index in [2.05, 4.69) is 20.7 Å². The van der Waals surface area contributed by atoms with Gasteiger partial charge in [0.2, 0.25) is 17.6 Å². The molecule has 1 aliphatic rings. The second kappa shape index (κ2) is 8.64. The Hall–Kier alpha value is -3.55. The molecule has 1 aromatic heterocycles. The highest BCUT2D eigenvalue weighted by Gasteiger charge is 2.29. The average Bonchev–Trinajstić information content (AvgIpc) is 3.35. The lowest BCUT2D eigenvalue weighted by atomic mass is 10.1. The van der Waals surface area contributed by atoms with Crippen LogP contribution < -0.4 is 5.32 Å². The topological polar surface area (TPSA) is 93.0 Å². The lowest BCUT2D eigenvalue weighted by Crippen LogP contribution is -2.33. The van der Waals surface area contributed by atoms with E-state index in [0.717, 1.165) is 11.1 Å². The van der Waals surface area contributed by atoms with Crippen molar-refractivity contribution in [2.75, 3.05) is 13.1 Å². The Morgan fingerprint density at radius 2 is 1.79 bits per heavy atom. The van der Waals surface area contributed by atoms with Crippen molar-refractivity contribution >= 4 is 11.8 Å². The quantitative estimate of drug-likeness (QED) is 0.660. The Labute approximate surface area is 168 Å². The number of carbonyl (C=O) groups excluding carboxylic acids is 2. The minimum Gasteiger partial charge on any atom is -0.354 e. The average molecular weight is 390 g/mol. The first-order valence-electron chi connectivity index (χ1n) is 9.59. The van der Waals surface area contributed by atoms with Gasteiger partial charge in [-0.25, -0.2) is 0 Å². The number of likely N-dealkylation sites (tertiary alicyclic amines) is 1. The first kappa shape index (κ1) is 18.8. The van der Waals surface area contributed by atoms with Crippen LogP contribution >= 0.6 is 0 Å². The summed E-state index contributed by atoms with van der Waals surface area (Å²) in [4.78, 5) is 27.6. The van der Waals surface area contributed by atoms with Gasteiger partial charge in [-0.15, -0.1) is 10.2 Å². The molecule has 4 rings (SSSR count). The Bertz CT molecular complexity index is 973. The highest BCUT2D eigenvalue weighted by Crippen LogP contribution is 2.19. The van der Waals surface area contributed by atoms with E-state index in [9.17, 15) is 9.59 Å². The summed E-state index contributed by atoms with van der Waals surface area (Å²) < 4.78 is 0. The summed E-state index contributed by atoms with van der Waals surface area (Å²) >= 11 is 0. The van der Waals surface area contributed by atoms with Crippen molar-refractivity contribution in [3.05, 3.63) is 66.2 Å². The molecule has 2 heterocycles. The highest BCUT2D eigenvalue weighted by molar-refractivity contribution is 5.79. The molecule has 1 unspecified atom stereocenters. The van der Waals surface area contributed by atoms with Crippen molar-refractivity contribution in [3.8, 4) is 11.4 Å². The third kappa shape index (κ3) is 4.84. The van der Waals surface area contributed by atoms with Crippen LogP contribution in [0, 0.1) is 5.92 Å². The third-order valence-corrected chi connectivity index (χ3v) is 4.87. The van der Waals surface area contributed by atoms with Crippen LogP contribution in [0.5, 0.6) is 0 Å². The van der Waals surface area contributed by atoms with Gasteiger partial charge in [-0.05, 0) is 10.8 Å². The molecule has 3 aromatic rings. The van der Waals surface area contributed by atoms with E-state index in [1.54, 1.807) is 0 Å². The molecule has 2 amide bonds. The normalized spacial score (nSPS) is 16.2. The van der Waals surface area contributed by atoms with Gasteiger partial charge in [-0.3, -0.25) is 9.59 Å². The van der Waals surface area contributed by atoms with E-state index in [4.69, 9.17) is 0 Å². The van der Waals surface area contributed by atoms with Crippen molar-refractivity contribution in [1.29, 1.82) is 0 Å². The fraction of sp³-hybridized carbons (Fsp3) is 0.286. The first-order chi connectivity index (χ1) is 14.2. The number of amides is 2. The van der Waals surface area contributed by atoms with Crippen LogP contribution in [-0.4, -0.2) is 50.0 Å². The van der Waals surface area contributed by atoms with Crippen LogP contribution in [0.25, 0.3) is 11.4 Å². The summed E-state index contributed by atoms with van der Waals surface area (Å²) in [5.74, 6) is 0.518. The van der Waals surface area contributed by atoms with Gasteiger partial charge in [0.05, 0.1) is 0 Å². The van der Waals surface area contributed by atoms with Gasteiger partial charge in [0.25, 0.3) is 0 Å². The number of aromatic nitrogens is 4. The number of hydrogen-bond donors (Lipinski definition) is 1. The van der Waals surface area contributed by atoms with E-state index < -0.39 is 0 Å². The lowest BCUT2D eigenvalue weighted by Gasteiger charge is -2.17. The summed E-state index contributed by atoms with van der Waals surface area (Å²) in [6.07, 6.45) is 0.451. The van der Waals surface area contributed by atoms with Crippen molar-refractivity contribution in [3.63, 3.8) is 0 Å². The predicted molar refractivity (Wildman–Crippen MR) is 106 cm³/mol. The van der Waals surface area contributed by atoms with Gasteiger partial charge in [-0.1, -0.05) is 60.7 Å². The van der Waals surface area contributed by atoms with Gasteiger partial charge in [0.15, 0.2) is 0 Å². The van der Waals surface area contributed by atoms with Crippen molar-refractivity contribution in [2.45, 2.75) is 19.5 Å². The summed E-state index contributed by atoms with van der Waals surface area (Å²) in [5.41, 5.74) is 1.96. The number of carbonyl (C=O) groups is 2. The molecule has 29 heavy (non-hydrogen) atoms. The van der Waals surface area contributed by atoms with Crippen LogP contribution in [0.3, 0.4) is 0 Å². The summed E-state index contributed by atoms with van der Waals surface area (Å²) in [5, 5.41) is 15.0. The zero-order chi connectivity index (χ0) is 20.1. The number of rotatable bonds is 7. The Morgan fingerprint density at radius 3 is 2.55 bits per heavy atom. The van der Waals surface area contributed by atoms with Crippen molar-refractivity contribution in [2.24, 2.45) is 5.92 Å². The monoisotopic (exact) mass is 390 g/mol. The molecule has 8 nitrogen and oxygen atoms in total. The van der Waals surface area contributed by atoms with Crippen molar-refractivity contribution in [1.82, 2.24) is 30.4 Å². The van der Waals surface area contributed by atoms with E-state index in [0.29, 0.717) is 31.9 Å². The maximum absolute atomic E-state index is 12.2. The molecule has 1 N–H and O–H groups in total. The van der Waals surface area contributed by atoms with Gasteiger partial charge < -0.3 is 10.2 Å². The molecule has 1 atom stereocenters. The van der Waals surface area contributed by atoms with Crippen LogP contribution in [-0.2, 0) is 22.7 Å². The Balaban J connectivity index is 1.25. The number of nitrogens with one attached hydrogen (secondary N) is 1. The second-order valence-corrected chi connectivity index (χ2v) is 7.14. The fourth-order valence-electron chi connectivity index (χ4n) is 3.40. The summed E-state index contributed by atoms with van der Waals surface area (Å²) in [6.45, 7) is 1.70. The van der Waals surface area contributed by atoms with Gasteiger partial charge in [-0.2, -0.15) is 4.80 Å². The lowest BCUT2D eigenvalue weighted by molar-refractivity contribution is -0.128. The molecule has 1 saturated heterocycles. The van der Waals surface area contributed by atoms with Crippen LogP contribution in [0.4, 0.5) is 0 Å². The summed E-state index contributed by atoms with van der Waals surface area (Å²) in [6, 6.07) is 19.4. The largest absolute Gasteiger partial charge is 0.354 e. The van der Waals surface area contributed by atoms with Gasteiger partial charge in [0, 0.05) is 37.5 Å². The maximum atomic E-state index is 12.2. The maximum Gasteiger partial charge on any atom is 0.243 e. The van der Waals surface area contributed by atoms with Crippen LogP contribution in [0.2, 0.25) is 0 Å². The van der Waals surface area contributed by atoms with Crippen LogP contribution in [0.15, 0.2) is 60.7 Å². The van der Waals surface area contributed by atoms with E-state index in [-0.39, 0.29) is 24.3 Å². The first-order valence-corrected chi connectivity index (χ1v) is 9.59. The molecule has 0 aliphatic carbocycles. The number of nitrogens with zero attached hydrogens (tertiary/aromatic N) is 5. The molecule has 1 aliphatic heterocycles. The SMILES string of the molecule is O=C(Cn1nnc(-c2ccccc2)n1)NCC1CC(=O)N(Cc2ccccc2)C1. The fourth-order valence-corrected chi connectivity index (χ4v) is 3.40. The molecular formula is C21H22N6O2. The zero-order valence-corrected chi connectivity index (χ0v) is 15.9. The molecule has 0 radical (unpaired) electrons. The molecule has 0 saturated carbocycles. The molecule has 1 fully saturated rings. The molecule has 0 spiro atoms. The highest BCUT2D eigenvalue weighted by atomic mass is 16.2. The molecular weight excluding hydrogens is 368 g/mol. The predicted octanol–water partition coefficient (Wildman–Crippen LogP) is 1.50. The van der Waals surface area contributed by atoms with Crippen molar-refractivity contribution < 1.29 is 9.59 Å². The van der Waals surface area contributed by atoms with Gasteiger partial charge in [0.1, 0.15) is 6.54 Å². The van der Waals surface area contributed by atoms with E-state index in [1.165, 1.54) is 4.80 Å². The number of benzene rings is 2. The third-order valence-electron chi connectivity index (χ3n) is 4.87. The van der Waals surface area contributed by atoms with E-state index in [1.807, 2.05) is 65.6 Å². The Morgan fingerprint density at radius 1 is 1.07 bits per heavy atom. The minimum absolute atomic E-state index is 0.00572. The molecule has 0 bridgehead atoms. The Kier molecular flexibility index (Phi) is 5.60. The number of tetrazole rings is 1. The zero-order valence-electron chi connectivity index (χ0n) is 15.9. The smallest absolute Gasteiger partial charge is 0.243 e. The second-order valence-electron chi connectivity index (χ2n) is 7.14. The van der Waals surface area contributed by atoms with Gasteiger partial charge >= 0.3 is 0 Å². The number of hydrogen-bond acceptors (Lipinski definition) is 5. The molecule has 8 heteroatoms. The molecule has 2 aromatic carbocycles. The molecule has 148 valence electrons. The van der Waals surface area contributed by atoms with Crippen LogP contribution in [0.1, 0.15) is 12.0 Å². The standard InChI is InChI=1S/C21H22N6O2/c28-19(15-27-24-21(23-25-27)18-9-5-2-6-10-18)22-12-17-11-20(29)26(14-17)13-16-7-3-1-4-8-16/h1-10,17H,11-15H2,(H,22,28). The van der Waals surface area contributed by atoms with E-state index >= 15 is 0 Å².